The zero-order valence-electron chi connectivity index (χ0n) is 12.3. The fraction of sp³-hybridized carbons (Fsp3) is 0. The Kier molecular flexibility index (Phi) is 1.82. The number of benzene rings is 2. The van der Waals surface area contributed by atoms with E-state index >= 15 is 0 Å². The smallest absolute Gasteiger partial charge is 0.0629 e. The summed E-state index contributed by atoms with van der Waals surface area (Å²) in [6.45, 7) is 0. The van der Waals surface area contributed by atoms with Crippen LogP contribution >= 0.6 is 34.8 Å². The molecular weight excluding hydrogens is 250 g/mol. The van der Waals surface area contributed by atoms with Crippen LogP contribution in [0.4, 0.5) is 0 Å². The van der Waals surface area contributed by atoms with Gasteiger partial charge in [-0.2, -0.15) is 0 Å². The molecule has 2 aromatic rings. The summed E-state index contributed by atoms with van der Waals surface area (Å²) in [5.74, 6) is 0. The maximum atomic E-state index is 7.89. The molecule has 0 aliphatic rings. The van der Waals surface area contributed by atoms with E-state index in [9.17, 15) is 0 Å². The van der Waals surface area contributed by atoms with E-state index in [-0.39, 0.29) is 38.3 Å². The maximum absolute atomic E-state index is 7.89. The Labute approximate surface area is 110 Å². The summed E-state index contributed by atoms with van der Waals surface area (Å²) in [7, 11) is 0. The van der Waals surface area contributed by atoms with Crippen molar-refractivity contribution in [1.29, 1.82) is 0 Å². The second-order valence-corrected chi connectivity index (χ2v) is 3.97. The first kappa shape index (κ1) is 6.15. The molecule has 0 unspecified atom stereocenters. The molecule has 76 valence electrons. The van der Waals surface area contributed by atoms with E-state index in [4.69, 9.17) is 41.7 Å². The van der Waals surface area contributed by atoms with Crippen LogP contribution in [0.2, 0.25) is 15.1 Å². The largest absolute Gasteiger partial charge is 0.0836 e. The van der Waals surface area contributed by atoms with Gasteiger partial charge in [0.1, 0.15) is 0 Å². The van der Waals surface area contributed by atoms with Gasteiger partial charge in [-0.25, -0.2) is 0 Å². The van der Waals surface area contributed by atoms with E-state index in [1.54, 1.807) is 0 Å². The molecule has 0 bridgehead atoms. The molecule has 0 aliphatic carbocycles. The highest BCUT2D eigenvalue weighted by Gasteiger charge is 2.07. The summed E-state index contributed by atoms with van der Waals surface area (Å²) < 4.78 is 38.6. The van der Waals surface area contributed by atoms with E-state index in [0.29, 0.717) is 0 Å². The number of halogens is 3. The van der Waals surface area contributed by atoms with E-state index in [1.807, 2.05) is 0 Å². The van der Waals surface area contributed by atoms with Gasteiger partial charge in [-0.15, -0.1) is 0 Å². The normalized spacial score (nSPS) is 15.0. The minimum atomic E-state index is -0.458. The summed E-state index contributed by atoms with van der Waals surface area (Å²) >= 11 is 17.8. The highest BCUT2D eigenvalue weighted by Crippen LogP contribution is 2.34. The third-order valence-corrected chi connectivity index (χ3v) is 2.81. The maximum Gasteiger partial charge on any atom is 0.0629 e. The van der Waals surface area contributed by atoms with Crippen molar-refractivity contribution in [3.05, 3.63) is 57.4 Å². The Morgan fingerprint density at radius 1 is 0.800 bits per heavy atom. The van der Waals surface area contributed by atoms with Crippen LogP contribution in [0.3, 0.4) is 0 Å². The molecule has 0 radical (unpaired) electrons. The molecule has 0 nitrogen and oxygen atoms in total. The van der Waals surface area contributed by atoms with Crippen molar-refractivity contribution < 1.29 is 6.85 Å². The zero-order valence-corrected chi connectivity index (χ0v) is 9.56. The Balaban J connectivity index is 2.87. The molecule has 0 fully saturated rings. The van der Waals surface area contributed by atoms with Gasteiger partial charge in [0.2, 0.25) is 0 Å². The van der Waals surface area contributed by atoms with Crippen molar-refractivity contribution in [2.24, 2.45) is 0 Å². The summed E-state index contributed by atoms with van der Waals surface area (Å²) in [6.07, 6.45) is 0. The standard InChI is InChI=1S/C12H7Cl3/c13-10-7-12(15)11(14)6-9(10)8-4-2-1-3-5-8/h1-7H/i1D,2D,3D,4D,5D. The Morgan fingerprint density at radius 2 is 1.40 bits per heavy atom. The van der Waals surface area contributed by atoms with E-state index < -0.39 is 18.1 Å². The summed E-state index contributed by atoms with van der Waals surface area (Å²) in [4.78, 5) is 0. The van der Waals surface area contributed by atoms with Crippen molar-refractivity contribution in [3.63, 3.8) is 0 Å². The quantitative estimate of drug-likeness (QED) is 0.611. The molecule has 0 N–H and O–H groups in total. The van der Waals surface area contributed by atoms with Crippen LogP contribution in [0, 0.1) is 0 Å². The molecule has 0 saturated carbocycles. The van der Waals surface area contributed by atoms with Crippen LogP contribution in [-0.4, -0.2) is 0 Å². The van der Waals surface area contributed by atoms with Crippen LogP contribution in [-0.2, 0) is 0 Å². The third-order valence-electron chi connectivity index (χ3n) is 1.78. The van der Waals surface area contributed by atoms with Crippen molar-refractivity contribution >= 4 is 34.8 Å². The first-order chi connectivity index (χ1) is 9.25. The van der Waals surface area contributed by atoms with Gasteiger partial charge in [0.15, 0.2) is 0 Å². The average Bonchev–Trinajstić information content (AvgIpc) is 2.40. The van der Waals surface area contributed by atoms with Gasteiger partial charge in [0.05, 0.1) is 16.9 Å². The van der Waals surface area contributed by atoms with Crippen molar-refractivity contribution in [3.8, 4) is 11.1 Å². The first-order valence-corrected chi connectivity index (χ1v) is 5.11. The lowest BCUT2D eigenvalue weighted by Crippen LogP contribution is -1.80. The molecule has 0 heterocycles. The fourth-order valence-corrected chi connectivity index (χ4v) is 1.74. The Bertz CT molecular complexity index is 686. The van der Waals surface area contributed by atoms with Gasteiger partial charge >= 0.3 is 0 Å². The molecule has 0 atom stereocenters. The molecule has 15 heavy (non-hydrogen) atoms. The highest BCUT2D eigenvalue weighted by molar-refractivity contribution is 6.44. The van der Waals surface area contributed by atoms with Crippen LogP contribution in [0.1, 0.15) is 6.85 Å². The van der Waals surface area contributed by atoms with Crippen molar-refractivity contribution in [1.82, 2.24) is 0 Å². The molecular formula is C12H7Cl3. The summed E-state index contributed by atoms with van der Waals surface area (Å²) in [6, 6.07) is 0.778. The zero-order chi connectivity index (χ0) is 15.2. The van der Waals surface area contributed by atoms with Crippen LogP contribution in [0.25, 0.3) is 11.1 Å². The van der Waals surface area contributed by atoms with Crippen molar-refractivity contribution in [2.45, 2.75) is 0 Å². The fourth-order valence-electron chi connectivity index (χ4n) is 1.10. The minimum Gasteiger partial charge on any atom is -0.0836 e. The predicted molar refractivity (Wildman–Crippen MR) is 66.9 cm³/mol. The van der Waals surface area contributed by atoms with Crippen LogP contribution < -0.4 is 0 Å². The van der Waals surface area contributed by atoms with Crippen LogP contribution in [0.5, 0.6) is 0 Å². The van der Waals surface area contributed by atoms with Gasteiger partial charge < -0.3 is 0 Å². The lowest BCUT2D eigenvalue weighted by Gasteiger charge is -2.06. The molecule has 0 saturated heterocycles. The molecule has 0 aromatic heterocycles. The van der Waals surface area contributed by atoms with Gasteiger partial charge in [0.25, 0.3) is 0 Å². The van der Waals surface area contributed by atoms with Gasteiger partial charge in [0, 0.05) is 10.6 Å². The Hall–Kier alpha value is -0.690. The molecule has 2 rings (SSSR count). The number of hydrogen-bond donors (Lipinski definition) is 0. The van der Waals surface area contributed by atoms with E-state index in [1.165, 1.54) is 12.1 Å². The summed E-state index contributed by atoms with van der Waals surface area (Å²) in [5, 5.41) is 0.587. The van der Waals surface area contributed by atoms with Crippen molar-refractivity contribution in [2.75, 3.05) is 0 Å². The lowest BCUT2D eigenvalue weighted by atomic mass is 10.1. The average molecular weight is 263 g/mol. The number of hydrogen-bond acceptors (Lipinski definition) is 0. The monoisotopic (exact) mass is 261 g/mol. The number of rotatable bonds is 1. The molecule has 0 amide bonds. The van der Waals surface area contributed by atoms with E-state index in [2.05, 4.69) is 0 Å². The minimum absolute atomic E-state index is 0.000401. The Morgan fingerprint density at radius 3 is 2.07 bits per heavy atom. The second kappa shape index (κ2) is 4.44. The second-order valence-electron chi connectivity index (χ2n) is 2.75. The molecule has 0 aliphatic heterocycles. The van der Waals surface area contributed by atoms with Gasteiger partial charge in [-0.3, -0.25) is 0 Å². The third kappa shape index (κ3) is 2.28. The van der Waals surface area contributed by atoms with Crippen LogP contribution in [0.15, 0.2) is 42.3 Å². The summed E-state index contributed by atoms with van der Waals surface area (Å²) in [5.41, 5.74) is 0.248. The first-order valence-electron chi connectivity index (χ1n) is 6.47. The van der Waals surface area contributed by atoms with E-state index in [0.717, 1.165) is 0 Å². The van der Waals surface area contributed by atoms with Gasteiger partial charge in [-0.05, 0) is 17.7 Å². The predicted octanol–water partition coefficient (Wildman–Crippen LogP) is 5.31. The molecule has 2 aromatic carbocycles. The topological polar surface area (TPSA) is 0 Å². The SMILES string of the molecule is [2H]c1c([2H])c([2H])c(-c2cc(Cl)c(Cl)cc2Cl)c([2H])c1[2H]. The molecule has 3 heteroatoms. The highest BCUT2D eigenvalue weighted by atomic mass is 35.5. The van der Waals surface area contributed by atoms with Gasteiger partial charge in [-0.1, -0.05) is 65.0 Å². The molecule has 0 spiro atoms. The lowest BCUT2D eigenvalue weighted by molar-refractivity contribution is 1.62.